The summed E-state index contributed by atoms with van der Waals surface area (Å²) in [6, 6.07) is 9.95. The third-order valence-corrected chi connectivity index (χ3v) is 4.00. The maximum atomic E-state index is 13.8. The molecule has 0 N–H and O–H groups in total. The monoisotopic (exact) mass is 380 g/mol. The van der Waals surface area contributed by atoms with Crippen molar-refractivity contribution in [1.82, 2.24) is 9.55 Å². The second kappa shape index (κ2) is 6.58. The Morgan fingerprint density at radius 3 is 2.65 bits per heavy atom. The molecule has 118 valence electrons. The first-order valence-corrected chi connectivity index (χ1v) is 7.70. The summed E-state index contributed by atoms with van der Waals surface area (Å²) < 4.78 is 42.8. The van der Waals surface area contributed by atoms with Gasteiger partial charge in [0.15, 0.2) is 17.5 Å². The normalized spacial score (nSPS) is 11.0. The highest BCUT2D eigenvalue weighted by molar-refractivity contribution is 9.10. The maximum absolute atomic E-state index is 13.8. The highest BCUT2D eigenvalue weighted by Crippen LogP contribution is 2.18. The van der Waals surface area contributed by atoms with Gasteiger partial charge in [-0.2, -0.15) is 0 Å². The zero-order valence-electron chi connectivity index (χ0n) is 11.9. The van der Waals surface area contributed by atoms with Crippen molar-refractivity contribution in [3.05, 3.63) is 87.7 Å². The van der Waals surface area contributed by atoms with E-state index in [4.69, 9.17) is 0 Å². The van der Waals surface area contributed by atoms with Crippen LogP contribution in [0, 0.1) is 17.5 Å². The molecule has 0 aliphatic rings. The fourth-order valence-electron chi connectivity index (χ4n) is 2.35. The molecule has 2 aromatic carbocycles. The van der Waals surface area contributed by atoms with Crippen molar-refractivity contribution in [3.63, 3.8) is 0 Å². The van der Waals surface area contributed by atoms with Crippen molar-refractivity contribution < 1.29 is 13.2 Å². The van der Waals surface area contributed by atoms with Crippen molar-refractivity contribution >= 4 is 15.9 Å². The number of benzene rings is 2. The third kappa shape index (κ3) is 3.47. The van der Waals surface area contributed by atoms with Gasteiger partial charge in [0.25, 0.3) is 0 Å². The third-order valence-electron chi connectivity index (χ3n) is 3.51. The van der Waals surface area contributed by atoms with Gasteiger partial charge in [0, 0.05) is 28.9 Å². The van der Waals surface area contributed by atoms with Gasteiger partial charge in [-0.25, -0.2) is 18.2 Å². The molecule has 6 heteroatoms. The van der Waals surface area contributed by atoms with Crippen molar-refractivity contribution in [2.24, 2.45) is 0 Å². The number of halogens is 4. The molecule has 0 radical (unpaired) electrons. The quantitative estimate of drug-likeness (QED) is 0.599. The van der Waals surface area contributed by atoms with Gasteiger partial charge in [0.05, 0.1) is 6.54 Å². The molecule has 0 spiro atoms. The van der Waals surface area contributed by atoms with E-state index < -0.39 is 17.5 Å². The number of nitrogens with zero attached hydrogens (tertiary/aromatic N) is 2. The van der Waals surface area contributed by atoms with E-state index in [-0.39, 0.29) is 12.1 Å². The van der Waals surface area contributed by atoms with Crippen LogP contribution in [0.1, 0.15) is 17.0 Å². The van der Waals surface area contributed by atoms with E-state index in [2.05, 4.69) is 20.9 Å². The minimum Gasteiger partial charge on any atom is -0.330 e. The first kappa shape index (κ1) is 15.8. The van der Waals surface area contributed by atoms with Crippen LogP contribution in [0.15, 0.2) is 53.3 Å². The SMILES string of the molecule is Fc1ccc(Cn2ccnc2Cc2cccc(Br)c2)c(F)c1F. The van der Waals surface area contributed by atoms with E-state index in [0.717, 1.165) is 16.1 Å². The predicted octanol–water partition coefficient (Wildman–Crippen LogP) is 4.70. The van der Waals surface area contributed by atoms with Crippen LogP contribution < -0.4 is 0 Å². The summed E-state index contributed by atoms with van der Waals surface area (Å²) in [5, 5.41) is 0. The van der Waals surface area contributed by atoms with Crippen molar-refractivity contribution in [1.29, 1.82) is 0 Å². The minimum absolute atomic E-state index is 0.0809. The molecule has 0 saturated carbocycles. The highest BCUT2D eigenvalue weighted by atomic mass is 79.9. The first-order chi connectivity index (χ1) is 11.0. The second-order valence-corrected chi connectivity index (χ2v) is 6.03. The van der Waals surface area contributed by atoms with Crippen molar-refractivity contribution in [2.45, 2.75) is 13.0 Å². The summed E-state index contributed by atoms with van der Waals surface area (Å²) in [5.74, 6) is -3.08. The molecule has 0 amide bonds. The topological polar surface area (TPSA) is 17.8 Å². The summed E-state index contributed by atoms with van der Waals surface area (Å²) in [4.78, 5) is 4.26. The van der Waals surface area contributed by atoms with E-state index in [0.29, 0.717) is 12.2 Å². The molecule has 23 heavy (non-hydrogen) atoms. The summed E-state index contributed by atoms with van der Waals surface area (Å²) in [5.41, 5.74) is 1.12. The standard InChI is InChI=1S/C17H12BrF3N2/c18-13-3-1-2-11(8-13)9-15-22-6-7-23(15)10-12-4-5-14(19)17(21)16(12)20/h1-8H,9-10H2. The number of imidazole rings is 1. The van der Waals surface area contributed by atoms with Gasteiger partial charge in [-0.05, 0) is 23.8 Å². The van der Waals surface area contributed by atoms with Crippen LogP contribution in [0.2, 0.25) is 0 Å². The zero-order valence-corrected chi connectivity index (χ0v) is 13.5. The molecule has 0 atom stereocenters. The Morgan fingerprint density at radius 1 is 1.04 bits per heavy atom. The van der Waals surface area contributed by atoms with Crippen LogP contribution in [0.25, 0.3) is 0 Å². The first-order valence-electron chi connectivity index (χ1n) is 6.91. The van der Waals surface area contributed by atoms with E-state index in [1.54, 1.807) is 17.0 Å². The van der Waals surface area contributed by atoms with Crippen LogP contribution in [0.3, 0.4) is 0 Å². The Bertz CT molecular complexity index is 846. The lowest BCUT2D eigenvalue weighted by molar-refractivity contribution is 0.439. The Labute approximate surface area is 139 Å². The molecule has 3 aromatic rings. The molecule has 3 rings (SSSR count). The Hall–Kier alpha value is -2.08. The lowest BCUT2D eigenvalue weighted by Crippen LogP contribution is -2.08. The molecule has 2 nitrogen and oxygen atoms in total. The average molecular weight is 381 g/mol. The Morgan fingerprint density at radius 2 is 1.87 bits per heavy atom. The Balaban J connectivity index is 1.86. The smallest absolute Gasteiger partial charge is 0.194 e. The van der Waals surface area contributed by atoms with Gasteiger partial charge in [-0.1, -0.05) is 34.1 Å². The fraction of sp³-hybridized carbons (Fsp3) is 0.118. The minimum atomic E-state index is -1.45. The van der Waals surface area contributed by atoms with E-state index in [1.165, 1.54) is 6.07 Å². The van der Waals surface area contributed by atoms with Crippen LogP contribution in [-0.2, 0) is 13.0 Å². The van der Waals surface area contributed by atoms with Crippen LogP contribution in [-0.4, -0.2) is 9.55 Å². The number of rotatable bonds is 4. The summed E-state index contributed by atoms with van der Waals surface area (Å²) in [6.07, 6.45) is 3.84. The zero-order chi connectivity index (χ0) is 16.4. The van der Waals surface area contributed by atoms with Crippen molar-refractivity contribution in [2.75, 3.05) is 0 Å². The summed E-state index contributed by atoms with van der Waals surface area (Å²) in [6.45, 7) is 0.0897. The predicted molar refractivity (Wildman–Crippen MR) is 84.6 cm³/mol. The van der Waals surface area contributed by atoms with Gasteiger partial charge in [0.1, 0.15) is 5.82 Å². The fourth-order valence-corrected chi connectivity index (χ4v) is 2.80. The molecule has 0 saturated heterocycles. The van der Waals surface area contributed by atoms with Gasteiger partial charge in [0.2, 0.25) is 0 Å². The van der Waals surface area contributed by atoms with E-state index >= 15 is 0 Å². The summed E-state index contributed by atoms with van der Waals surface area (Å²) >= 11 is 3.41. The molecule has 0 unspecified atom stereocenters. The van der Waals surface area contributed by atoms with E-state index in [1.807, 2.05) is 24.3 Å². The molecule has 1 aromatic heterocycles. The molecular weight excluding hydrogens is 369 g/mol. The van der Waals surface area contributed by atoms with Crippen LogP contribution in [0.5, 0.6) is 0 Å². The van der Waals surface area contributed by atoms with E-state index in [9.17, 15) is 13.2 Å². The molecule has 0 fully saturated rings. The van der Waals surface area contributed by atoms with Gasteiger partial charge in [-0.3, -0.25) is 0 Å². The lowest BCUT2D eigenvalue weighted by atomic mass is 10.1. The lowest BCUT2D eigenvalue weighted by Gasteiger charge is -2.10. The maximum Gasteiger partial charge on any atom is 0.194 e. The second-order valence-electron chi connectivity index (χ2n) is 5.11. The Kier molecular flexibility index (Phi) is 4.52. The number of hydrogen-bond acceptors (Lipinski definition) is 1. The molecule has 1 heterocycles. The average Bonchev–Trinajstić information content (AvgIpc) is 2.95. The molecular formula is C17H12BrF3N2. The number of aromatic nitrogens is 2. The molecule has 0 bridgehead atoms. The van der Waals surface area contributed by atoms with Crippen molar-refractivity contribution in [3.8, 4) is 0 Å². The van der Waals surface area contributed by atoms with Crippen LogP contribution >= 0.6 is 15.9 Å². The molecule has 0 aliphatic carbocycles. The van der Waals surface area contributed by atoms with Gasteiger partial charge in [-0.15, -0.1) is 0 Å². The number of hydrogen-bond donors (Lipinski definition) is 0. The summed E-state index contributed by atoms with van der Waals surface area (Å²) in [7, 11) is 0. The van der Waals surface area contributed by atoms with Crippen LogP contribution in [0.4, 0.5) is 13.2 Å². The van der Waals surface area contributed by atoms with Gasteiger partial charge >= 0.3 is 0 Å². The highest BCUT2D eigenvalue weighted by Gasteiger charge is 2.14. The largest absolute Gasteiger partial charge is 0.330 e. The molecule has 0 aliphatic heterocycles. The van der Waals surface area contributed by atoms with Gasteiger partial charge < -0.3 is 4.57 Å².